The zero-order chi connectivity index (χ0) is 24.8. The van der Waals surface area contributed by atoms with Crippen molar-refractivity contribution in [1.82, 2.24) is 15.5 Å². The Kier molecular flexibility index (Phi) is 8.95. The molecule has 2 rings (SSSR count). The number of carbonyl (C=O) groups excluding carboxylic acids is 4. The molecule has 4 amide bonds. The summed E-state index contributed by atoms with van der Waals surface area (Å²) < 4.78 is 0. The predicted octanol–water partition coefficient (Wildman–Crippen LogP) is -0.817. The standard InChI is InChI=1S/C23H35N5O5/c1-23(2,3)27-21(32)17-10-7-11-28(17)22(33)19(30)16(12-14-8-5-4-6-9-14)26-20(31)15(24)13-18(25)29/h4-6,8-9,15-17,19,30H,7,10-13,24H2,1-3H3,(H2,25,29)(H,26,31)(H,27,32)/t15-,16+,17+,19+/m1/s1. The molecular weight excluding hydrogens is 426 g/mol. The lowest BCUT2D eigenvalue weighted by Crippen LogP contribution is -2.58. The molecule has 1 aliphatic rings. The summed E-state index contributed by atoms with van der Waals surface area (Å²) in [5.41, 5.74) is 11.2. The van der Waals surface area contributed by atoms with Crippen molar-refractivity contribution in [2.75, 3.05) is 6.54 Å². The van der Waals surface area contributed by atoms with Crippen LogP contribution in [0.15, 0.2) is 30.3 Å². The quantitative estimate of drug-likeness (QED) is 0.322. The number of hydrogen-bond donors (Lipinski definition) is 5. The monoisotopic (exact) mass is 461 g/mol. The highest BCUT2D eigenvalue weighted by molar-refractivity contribution is 5.91. The molecule has 0 radical (unpaired) electrons. The van der Waals surface area contributed by atoms with Crippen LogP contribution in [0.2, 0.25) is 0 Å². The fourth-order valence-corrected chi connectivity index (χ4v) is 3.81. The smallest absolute Gasteiger partial charge is 0.254 e. The second-order valence-electron chi connectivity index (χ2n) is 9.46. The highest BCUT2D eigenvalue weighted by Gasteiger charge is 2.40. The van der Waals surface area contributed by atoms with Gasteiger partial charge in [-0.2, -0.15) is 0 Å². The number of aliphatic hydroxyl groups is 1. The van der Waals surface area contributed by atoms with E-state index in [2.05, 4.69) is 10.6 Å². The van der Waals surface area contributed by atoms with Crippen molar-refractivity contribution in [2.45, 2.75) is 76.2 Å². The van der Waals surface area contributed by atoms with Crippen molar-refractivity contribution in [3.05, 3.63) is 35.9 Å². The zero-order valence-electron chi connectivity index (χ0n) is 19.4. The second-order valence-corrected chi connectivity index (χ2v) is 9.46. The van der Waals surface area contributed by atoms with E-state index in [-0.39, 0.29) is 18.7 Å². The maximum Gasteiger partial charge on any atom is 0.254 e. The minimum atomic E-state index is -1.61. The number of likely N-dealkylation sites (tertiary alicyclic amines) is 1. The van der Waals surface area contributed by atoms with Crippen LogP contribution >= 0.6 is 0 Å². The average molecular weight is 462 g/mol. The molecule has 33 heavy (non-hydrogen) atoms. The molecule has 0 saturated carbocycles. The van der Waals surface area contributed by atoms with Gasteiger partial charge in [0.05, 0.1) is 18.5 Å². The Morgan fingerprint density at radius 1 is 1.18 bits per heavy atom. The first-order chi connectivity index (χ1) is 15.4. The van der Waals surface area contributed by atoms with E-state index in [1.165, 1.54) is 4.90 Å². The highest BCUT2D eigenvalue weighted by Crippen LogP contribution is 2.21. The molecule has 0 spiro atoms. The second kappa shape index (κ2) is 11.2. The Morgan fingerprint density at radius 2 is 1.82 bits per heavy atom. The van der Waals surface area contributed by atoms with Crippen LogP contribution in [0, 0.1) is 0 Å². The molecule has 1 fully saturated rings. The van der Waals surface area contributed by atoms with Crippen LogP contribution in [0.4, 0.5) is 0 Å². The summed E-state index contributed by atoms with van der Waals surface area (Å²) in [6, 6.07) is 6.10. The van der Waals surface area contributed by atoms with Crippen molar-refractivity contribution >= 4 is 23.6 Å². The number of carbonyl (C=O) groups is 4. The van der Waals surface area contributed by atoms with Gasteiger partial charge in [-0.1, -0.05) is 30.3 Å². The molecule has 7 N–H and O–H groups in total. The lowest BCUT2D eigenvalue weighted by molar-refractivity contribution is -0.147. The van der Waals surface area contributed by atoms with Gasteiger partial charge >= 0.3 is 0 Å². The third kappa shape index (κ3) is 7.83. The van der Waals surface area contributed by atoms with Crippen LogP contribution < -0.4 is 22.1 Å². The Morgan fingerprint density at radius 3 is 2.39 bits per heavy atom. The number of aliphatic hydroxyl groups excluding tert-OH is 1. The molecule has 182 valence electrons. The zero-order valence-corrected chi connectivity index (χ0v) is 19.4. The van der Waals surface area contributed by atoms with Crippen LogP contribution in [0.3, 0.4) is 0 Å². The van der Waals surface area contributed by atoms with Gasteiger partial charge in [0.15, 0.2) is 6.10 Å². The van der Waals surface area contributed by atoms with Gasteiger partial charge in [0.1, 0.15) is 6.04 Å². The minimum Gasteiger partial charge on any atom is -0.381 e. The first-order valence-corrected chi connectivity index (χ1v) is 11.1. The summed E-state index contributed by atoms with van der Waals surface area (Å²) in [6.45, 7) is 5.87. The summed E-state index contributed by atoms with van der Waals surface area (Å²) in [5, 5.41) is 16.4. The summed E-state index contributed by atoms with van der Waals surface area (Å²) in [4.78, 5) is 50.9. The van der Waals surface area contributed by atoms with Gasteiger partial charge in [-0.15, -0.1) is 0 Å². The van der Waals surface area contributed by atoms with E-state index in [1.807, 2.05) is 26.8 Å². The topological polar surface area (TPSA) is 168 Å². The van der Waals surface area contributed by atoms with Gasteiger partial charge in [0.25, 0.3) is 5.91 Å². The number of nitrogens with zero attached hydrogens (tertiary/aromatic N) is 1. The normalized spacial score (nSPS) is 18.8. The van der Waals surface area contributed by atoms with Crippen molar-refractivity contribution in [1.29, 1.82) is 0 Å². The van der Waals surface area contributed by atoms with E-state index < -0.39 is 47.5 Å². The summed E-state index contributed by atoms with van der Waals surface area (Å²) in [5.74, 6) is -2.37. The Hall–Kier alpha value is -2.98. The third-order valence-corrected chi connectivity index (χ3v) is 5.35. The Balaban J connectivity index is 2.20. The Labute approximate surface area is 194 Å². The molecule has 1 heterocycles. The first-order valence-electron chi connectivity index (χ1n) is 11.1. The molecule has 10 nitrogen and oxygen atoms in total. The molecule has 0 bridgehead atoms. The SMILES string of the molecule is CC(C)(C)NC(=O)[C@@H]1CCCN1C(=O)[C@@H](O)[C@H](Cc1ccccc1)NC(=O)[C@H](N)CC(N)=O. The van der Waals surface area contributed by atoms with E-state index in [1.54, 1.807) is 24.3 Å². The molecule has 0 aliphatic carbocycles. The number of primary amides is 1. The molecule has 4 atom stereocenters. The summed E-state index contributed by atoms with van der Waals surface area (Å²) in [7, 11) is 0. The van der Waals surface area contributed by atoms with Gasteiger partial charge in [-0.25, -0.2) is 0 Å². The lowest BCUT2D eigenvalue weighted by Gasteiger charge is -2.32. The summed E-state index contributed by atoms with van der Waals surface area (Å²) >= 11 is 0. The molecule has 1 aromatic rings. The average Bonchev–Trinajstić information content (AvgIpc) is 3.21. The van der Waals surface area contributed by atoms with Crippen molar-refractivity contribution < 1.29 is 24.3 Å². The molecule has 1 aliphatic heterocycles. The number of hydrogen-bond acceptors (Lipinski definition) is 6. The first kappa shape index (κ1) is 26.3. The third-order valence-electron chi connectivity index (χ3n) is 5.35. The fraction of sp³-hybridized carbons (Fsp3) is 0.565. The van der Waals surface area contributed by atoms with Crippen LogP contribution in [0.25, 0.3) is 0 Å². The van der Waals surface area contributed by atoms with E-state index >= 15 is 0 Å². The number of rotatable bonds is 9. The molecule has 0 aromatic heterocycles. The summed E-state index contributed by atoms with van der Waals surface area (Å²) in [6.07, 6.45) is -0.720. The highest BCUT2D eigenvalue weighted by atomic mass is 16.3. The molecule has 1 aromatic carbocycles. The van der Waals surface area contributed by atoms with Gasteiger partial charge < -0.3 is 32.1 Å². The largest absolute Gasteiger partial charge is 0.381 e. The molecule has 1 saturated heterocycles. The number of nitrogens with one attached hydrogen (secondary N) is 2. The maximum atomic E-state index is 13.2. The van der Waals surface area contributed by atoms with E-state index in [0.717, 1.165) is 5.56 Å². The van der Waals surface area contributed by atoms with Crippen LogP contribution in [-0.4, -0.2) is 69.9 Å². The van der Waals surface area contributed by atoms with Crippen LogP contribution in [0.1, 0.15) is 45.6 Å². The number of benzene rings is 1. The van der Waals surface area contributed by atoms with Crippen molar-refractivity contribution in [2.24, 2.45) is 11.5 Å². The minimum absolute atomic E-state index is 0.148. The van der Waals surface area contributed by atoms with Crippen LogP contribution in [0.5, 0.6) is 0 Å². The van der Waals surface area contributed by atoms with Crippen LogP contribution in [-0.2, 0) is 25.6 Å². The van der Waals surface area contributed by atoms with Crippen molar-refractivity contribution in [3.63, 3.8) is 0 Å². The fourth-order valence-electron chi connectivity index (χ4n) is 3.81. The predicted molar refractivity (Wildman–Crippen MR) is 123 cm³/mol. The number of amides is 4. The maximum absolute atomic E-state index is 13.2. The number of nitrogens with two attached hydrogens (primary N) is 2. The van der Waals surface area contributed by atoms with Crippen molar-refractivity contribution in [3.8, 4) is 0 Å². The van der Waals surface area contributed by atoms with E-state index in [4.69, 9.17) is 11.5 Å². The Bertz CT molecular complexity index is 855. The van der Waals surface area contributed by atoms with Gasteiger partial charge in [0, 0.05) is 12.1 Å². The molecular formula is C23H35N5O5. The lowest BCUT2D eigenvalue weighted by atomic mass is 9.99. The van der Waals surface area contributed by atoms with Gasteiger partial charge in [0.2, 0.25) is 17.7 Å². The molecule has 10 heteroatoms. The van der Waals surface area contributed by atoms with E-state index in [0.29, 0.717) is 19.4 Å². The molecule has 0 unspecified atom stereocenters. The van der Waals surface area contributed by atoms with Gasteiger partial charge in [-0.3, -0.25) is 19.2 Å². The van der Waals surface area contributed by atoms with Gasteiger partial charge in [-0.05, 0) is 45.6 Å². The van der Waals surface area contributed by atoms with E-state index in [9.17, 15) is 24.3 Å².